The van der Waals surface area contributed by atoms with E-state index in [1.807, 2.05) is 0 Å². The minimum Gasteiger partial charge on any atom is -0.260 e. The van der Waals surface area contributed by atoms with Crippen LogP contribution < -0.4 is 0 Å². The van der Waals surface area contributed by atoms with Crippen LogP contribution in [0.5, 0.6) is 0 Å². The van der Waals surface area contributed by atoms with E-state index in [1.54, 1.807) is 30.4 Å². The average Bonchev–Trinajstić information content (AvgIpc) is 2.19. The molecule has 0 saturated carbocycles. The Bertz CT molecular complexity index is 281. The molecule has 1 rings (SSSR count). The molecule has 68 valence electrons. The highest BCUT2D eigenvalue weighted by Gasteiger charge is 2.07. The van der Waals surface area contributed by atoms with Crippen molar-refractivity contribution in [3.8, 4) is 6.07 Å². The minimum absolute atomic E-state index is 0.335. The van der Waals surface area contributed by atoms with Crippen LogP contribution in [0.2, 0.25) is 0 Å². The number of nitrogens with zero attached hydrogens (tertiary/aromatic N) is 3. The maximum Gasteiger partial charge on any atom is 0.115 e. The van der Waals surface area contributed by atoms with Crippen molar-refractivity contribution in [2.45, 2.75) is 30.0 Å². The van der Waals surface area contributed by atoms with Crippen molar-refractivity contribution < 1.29 is 0 Å². The zero-order valence-corrected chi connectivity index (χ0v) is 8.29. The molecular weight excluding hydrogens is 182 g/mol. The van der Waals surface area contributed by atoms with Crippen molar-refractivity contribution in [1.82, 2.24) is 9.97 Å². The van der Waals surface area contributed by atoms with Gasteiger partial charge in [-0.15, -0.1) is 11.8 Å². The monoisotopic (exact) mass is 193 g/mol. The molecule has 1 aromatic heterocycles. The third-order valence-electron chi connectivity index (χ3n) is 1.60. The molecule has 0 spiro atoms. The Morgan fingerprint density at radius 3 is 3.00 bits per heavy atom. The first-order valence-electron chi connectivity index (χ1n) is 4.16. The number of thioether (sulfide) groups is 1. The highest BCUT2D eigenvalue weighted by atomic mass is 32.2. The molecule has 3 nitrogen and oxygen atoms in total. The van der Waals surface area contributed by atoms with Crippen LogP contribution in [0.15, 0.2) is 23.6 Å². The summed E-state index contributed by atoms with van der Waals surface area (Å²) in [6, 6.07) is 2.17. The zero-order chi connectivity index (χ0) is 9.52. The molecule has 0 radical (unpaired) electrons. The molecule has 4 heteroatoms. The lowest BCUT2D eigenvalue weighted by molar-refractivity contribution is 0.838. The van der Waals surface area contributed by atoms with E-state index in [9.17, 15) is 0 Å². The molecule has 0 aromatic carbocycles. The Hall–Kier alpha value is -1.08. The molecule has 0 amide bonds. The SMILES string of the molecule is CCC(CC#N)Sc1cnccn1. The number of hydrogen-bond donors (Lipinski definition) is 0. The Morgan fingerprint density at radius 1 is 1.62 bits per heavy atom. The van der Waals surface area contributed by atoms with Gasteiger partial charge in [0.15, 0.2) is 0 Å². The number of rotatable bonds is 4. The van der Waals surface area contributed by atoms with Crippen molar-refractivity contribution in [2.75, 3.05) is 0 Å². The maximum atomic E-state index is 8.55. The molecular formula is C9H11N3S. The highest BCUT2D eigenvalue weighted by Crippen LogP contribution is 2.24. The molecule has 0 N–H and O–H groups in total. The van der Waals surface area contributed by atoms with E-state index in [1.165, 1.54) is 0 Å². The summed E-state index contributed by atoms with van der Waals surface area (Å²) < 4.78 is 0. The summed E-state index contributed by atoms with van der Waals surface area (Å²) >= 11 is 1.62. The summed E-state index contributed by atoms with van der Waals surface area (Å²) in [7, 11) is 0. The van der Waals surface area contributed by atoms with E-state index < -0.39 is 0 Å². The Labute approximate surface area is 82.2 Å². The first-order chi connectivity index (χ1) is 6.36. The fourth-order valence-electron chi connectivity index (χ4n) is 0.888. The van der Waals surface area contributed by atoms with E-state index in [4.69, 9.17) is 5.26 Å². The lowest BCUT2D eigenvalue weighted by Gasteiger charge is -2.08. The molecule has 0 aliphatic rings. The van der Waals surface area contributed by atoms with Crippen LogP contribution in [-0.2, 0) is 0 Å². The van der Waals surface area contributed by atoms with Crippen LogP contribution >= 0.6 is 11.8 Å². The van der Waals surface area contributed by atoms with E-state index >= 15 is 0 Å². The molecule has 0 bridgehead atoms. The molecule has 1 aromatic rings. The van der Waals surface area contributed by atoms with Crippen LogP contribution in [0.3, 0.4) is 0 Å². The number of nitriles is 1. The van der Waals surface area contributed by atoms with Gasteiger partial charge in [0.2, 0.25) is 0 Å². The van der Waals surface area contributed by atoms with Gasteiger partial charge < -0.3 is 0 Å². The quantitative estimate of drug-likeness (QED) is 0.688. The lowest BCUT2D eigenvalue weighted by Crippen LogP contribution is -1.99. The zero-order valence-electron chi connectivity index (χ0n) is 7.47. The summed E-state index contributed by atoms with van der Waals surface area (Å²) in [4.78, 5) is 8.11. The van der Waals surface area contributed by atoms with Gasteiger partial charge in [0.25, 0.3) is 0 Å². The van der Waals surface area contributed by atoms with Gasteiger partial charge in [0.1, 0.15) is 5.03 Å². The van der Waals surface area contributed by atoms with Crippen LogP contribution in [0.25, 0.3) is 0 Å². The van der Waals surface area contributed by atoms with Crippen molar-refractivity contribution in [3.63, 3.8) is 0 Å². The first-order valence-corrected chi connectivity index (χ1v) is 5.04. The average molecular weight is 193 g/mol. The van der Waals surface area contributed by atoms with Gasteiger partial charge in [-0.1, -0.05) is 6.92 Å². The van der Waals surface area contributed by atoms with Gasteiger partial charge in [-0.25, -0.2) is 4.98 Å². The molecule has 0 fully saturated rings. The normalized spacial score (nSPS) is 12.0. The first kappa shape index (κ1) is 10.0. The Kier molecular flexibility index (Phi) is 4.27. The van der Waals surface area contributed by atoms with Crippen LogP contribution in [0.4, 0.5) is 0 Å². The molecule has 0 saturated heterocycles. The van der Waals surface area contributed by atoms with Gasteiger partial charge in [0.05, 0.1) is 12.3 Å². The summed E-state index contributed by atoms with van der Waals surface area (Å²) in [6.45, 7) is 2.07. The van der Waals surface area contributed by atoms with Gasteiger partial charge in [0, 0.05) is 24.1 Å². The Morgan fingerprint density at radius 2 is 2.46 bits per heavy atom. The fraction of sp³-hybridized carbons (Fsp3) is 0.444. The van der Waals surface area contributed by atoms with E-state index in [0.29, 0.717) is 11.7 Å². The van der Waals surface area contributed by atoms with Crippen molar-refractivity contribution >= 4 is 11.8 Å². The summed E-state index contributed by atoms with van der Waals surface area (Å²) in [5.74, 6) is 0. The fourth-order valence-corrected chi connectivity index (χ4v) is 1.80. The molecule has 0 aliphatic heterocycles. The standard InChI is InChI=1S/C9H11N3S/c1-2-8(3-4-10)13-9-7-11-5-6-12-9/h5-8H,2-3H2,1H3. The number of aromatic nitrogens is 2. The third kappa shape index (κ3) is 3.43. The smallest absolute Gasteiger partial charge is 0.115 e. The van der Waals surface area contributed by atoms with Gasteiger partial charge in [-0.2, -0.15) is 5.26 Å². The van der Waals surface area contributed by atoms with Crippen molar-refractivity contribution in [2.24, 2.45) is 0 Å². The molecule has 1 atom stereocenters. The molecule has 1 heterocycles. The maximum absolute atomic E-state index is 8.55. The van der Waals surface area contributed by atoms with Crippen molar-refractivity contribution in [1.29, 1.82) is 5.26 Å². The second-order valence-electron chi connectivity index (χ2n) is 2.55. The third-order valence-corrected chi connectivity index (χ3v) is 2.89. The largest absolute Gasteiger partial charge is 0.260 e. The second kappa shape index (κ2) is 5.55. The van der Waals surface area contributed by atoms with E-state index in [-0.39, 0.29) is 0 Å². The van der Waals surface area contributed by atoms with Crippen molar-refractivity contribution in [3.05, 3.63) is 18.6 Å². The van der Waals surface area contributed by atoms with Gasteiger partial charge in [-0.3, -0.25) is 4.98 Å². The van der Waals surface area contributed by atoms with Gasteiger partial charge >= 0.3 is 0 Å². The molecule has 13 heavy (non-hydrogen) atoms. The minimum atomic E-state index is 0.335. The molecule has 0 aliphatic carbocycles. The predicted molar refractivity (Wildman–Crippen MR) is 52.2 cm³/mol. The Balaban J connectivity index is 2.53. The highest BCUT2D eigenvalue weighted by molar-refractivity contribution is 7.99. The van der Waals surface area contributed by atoms with E-state index in [0.717, 1.165) is 11.4 Å². The number of hydrogen-bond acceptors (Lipinski definition) is 4. The second-order valence-corrected chi connectivity index (χ2v) is 3.87. The topological polar surface area (TPSA) is 49.6 Å². The summed E-state index contributed by atoms with van der Waals surface area (Å²) in [5, 5.41) is 9.77. The van der Waals surface area contributed by atoms with Gasteiger partial charge in [-0.05, 0) is 6.42 Å². The van der Waals surface area contributed by atoms with Crippen LogP contribution in [0, 0.1) is 11.3 Å². The predicted octanol–water partition coefficient (Wildman–Crippen LogP) is 2.26. The molecule has 1 unspecified atom stereocenters. The van der Waals surface area contributed by atoms with E-state index in [2.05, 4.69) is 23.0 Å². The summed E-state index contributed by atoms with van der Waals surface area (Å²) in [5.41, 5.74) is 0. The van der Waals surface area contributed by atoms with Crippen LogP contribution in [-0.4, -0.2) is 15.2 Å². The summed E-state index contributed by atoms with van der Waals surface area (Å²) in [6.07, 6.45) is 6.59. The van der Waals surface area contributed by atoms with Crippen LogP contribution in [0.1, 0.15) is 19.8 Å². The lowest BCUT2D eigenvalue weighted by atomic mass is 10.3.